The molecule has 0 unspecified atom stereocenters. The summed E-state index contributed by atoms with van der Waals surface area (Å²) in [4.78, 5) is 14.1. The number of nitrogens with zero attached hydrogens (tertiary/aromatic N) is 1. The summed E-state index contributed by atoms with van der Waals surface area (Å²) in [6, 6.07) is 5.40. The smallest absolute Gasteiger partial charge is 0.226 e. The van der Waals surface area contributed by atoms with Crippen molar-refractivity contribution in [2.75, 3.05) is 33.6 Å². The first kappa shape index (κ1) is 17.6. The number of carbonyl (C=O) groups excluding carboxylic acids is 1. The molecule has 1 aromatic rings. The molecule has 1 fully saturated rings. The van der Waals surface area contributed by atoms with Crippen LogP contribution >= 0.6 is 0 Å². The molecule has 23 heavy (non-hydrogen) atoms. The van der Waals surface area contributed by atoms with Gasteiger partial charge in [-0.2, -0.15) is 0 Å². The van der Waals surface area contributed by atoms with Crippen molar-refractivity contribution >= 4 is 15.7 Å². The van der Waals surface area contributed by atoms with Crippen molar-refractivity contribution in [1.29, 1.82) is 0 Å². The van der Waals surface area contributed by atoms with Gasteiger partial charge in [0.2, 0.25) is 5.91 Å². The van der Waals surface area contributed by atoms with E-state index in [1.165, 1.54) is 6.26 Å². The number of rotatable bonds is 5. The third-order valence-electron chi connectivity index (χ3n) is 4.20. The summed E-state index contributed by atoms with van der Waals surface area (Å²) in [5, 5.41) is -0.326. The van der Waals surface area contributed by atoms with E-state index in [4.69, 9.17) is 9.47 Å². The lowest BCUT2D eigenvalue weighted by atomic mass is 10.1. The number of benzene rings is 1. The lowest BCUT2D eigenvalue weighted by Gasteiger charge is -2.31. The van der Waals surface area contributed by atoms with Crippen LogP contribution < -0.4 is 9.47 Å². The molecule has 0 radical (unpaired) electrons. The van der Waals surface area contributed by atoms with Gasteiger partial charge in [0.1, 0.15) is 9.84 Å². The quantitative estimate of drug-likeness (QED) is 0.807. The standard InChI is InChI=1S/C16H23NO5S/c1-21-14-5-4-12(10-15(14)22-2)11-16(18)17-8-6-13(7-9-17)23(3,19)20/h4-5,10,13H,6-9,11H2,1-3H3. The van der Waals surface area contributed by atoms with Crippen LogP contribution in [0.3, 0.4) is 0 Å². The van der Waals surface area contributed by atoms with Crippen LogP contribution in [0, 0.1) is 0 Å². The molecule has 6 nitrogen and oxygen atoms in total. The maximum absolute atomic E-state index is 12.4. The number of sulfone groups is 1. The van der Waals surface area contributed by atoms with Gasteiger partial charge < -0.3 is 14.4 Å². The molecule has 1 aromatic carbocycles. The minimum Gasteiger partial charge on any atom is -0.493 e. The molecule has 7 heteroatoms. The summed E-state index contributed by atoms with van der Waals surface area (Å²) < 4.78 is 33.5. The van der Waals surface area contributed by atoms with E-state index in [0.29, 0.717) is 37.4 Å². The van der Waals surface area contributed by atoms with Crippen LogP contribution in [0.25, 0.3) is 0 Å². The number of hydrogen-bond acceptors (Lipinski definition) is 5. The van der Waals surface area contributed by atoms with Crippen LogP contribution in [0.5, 0.6) is 11.5 Å². The summed E-state index contributed by atoms with van der Waals surface area (Å²) in [5.41, 5.74) is 0.845. The fourth-order valence-electron chi connectivity index (χ4n) is 2.81. The number of carbonyl (C=O) groups is 1. The van der Waals surface area contributed by atoms with Crippen molar-refractivity contribution in [3.05, 3.63) is 23.8 Å². The predicted molar refractivity (Wildman–Crippen MR) is 87.7 cm³/mol. The van der Waals surface area contributed by atoms with E-state index in [-0.39, 0.29) is 17.6 Å². The Hall–Kier alpha value is -1.76. The normalized spacial score (nSPS) is 16.2. The highest BCUT2D eigenvalue weighted by Crippen LogP contribution is 2.28. The summed E-state index contributed by atoms with van der Waals surface area (Å²) in [6.07, 6.45) is 2.55. The molecule has 0 aromatic heterocycles. The highest BCUT2D eigenvalue weighted by Gasteiger charge is 2.28. The number of piperidine rings is 1. The number of amides is 1. The number of hydrogen-bond donors (Lipinski definition) is 0. The van der Waals surface area contributed by atoms with E-state index in [2.05, 4.69) is 0 Å². The zero-order valence-electron chi connectivity index (χ0n) is 13.7. The minimum absolute atomic E-state index is 0.00386. The molecule has 0 saturated carbocycles. The Morgan fingerprint density at radius 3 is 2.30 bits per heavy atom. The van der Waals surface area contributed by atoms with Crippen LogP contribution in [-0.4, -0.2) is 58.0 Å². The van der Waals surface area contributed by atoms with E-state index in [1.54, 1.807) is 31.3 Å². The number of methoxy groups -OCH3 is 2. The zero-order chi connectivity index (χ0) is 17.0. The van der Waals surface area contributed by atoms with Gasteiger partial charge in [-0.1, -0.05) is 6.07 Å². The molecule has 0 atom stereocenters. The van der Waals surface area contributed by atoms with Crippen LogP contribution in [0.15, 0.2) is 18.2 Å². The van der Waals surface area contributed by atoms with Gasteiger partial charge in [0, 0.05) is 19.3 Å². The average Bonchev–Trinajstić information content (AvgIpc) is 2.54. The molecule has 0 bridgehead atoms. The summed E-state index contributed by atoms with van der Waals surface area (Å²) >= 11 is 0. The Balaban J connectivity index is 1.98. The molecule has 128 valence electrons. The van der Waals surface area contributed by atoms with Gasteiger partial charge in [0.05, 0.1) is 25.9 Å². The molecule has 0 spiro atoms. The van der Waals surface area contributed by atoms with Crippen molar-refractivity contribution in [2.45, 2.75) is 24.5 Å². The van der Waals surface area contributed by atoms with E-state index in [9.17, 15) is 13.2 Å². The molecular formula is C16H23NO5S. The highest BCUT2D eigenvalue weighted by molar-refractivity contribution is 7.91. The average molecular weight is 341 g/mol. The molecule has 0 aliphatic carbocycles. The van der Waals surface area contributed by atoms with Crippen LogP contribution in [0.2, 0.25) is 0 Å². The van der Waals surface area contributed by atoms with Gasteiger partial charge >= 0.3 is 0 Å². The third-order valence-corrected chi connectivity index (χ3v) is 5.89. The van der Waals surface area contributed by atoms with Crippen molar-refractivity contribution in [1.82, 2.24) is 4.90 Å². The van der Waals surface area contributed by atoms with E-state index >= 15 is 0 Å². The number of ether oxygens (including phenoxy) is 2. The first-order chi connectivity index (χ1) is 10.8. The topological polar surface area (TPSA) is 72.9 Å². The zero-order valence-corrected chi connectivity index (χ0v) is 14.6. The molecule has 1 heterocycles. The Morgan fingerprint density at radius 1 is 1.17 bits per heavy atom. The summed E-state index contributed by atoms with van der Waals surface area (Å²) in [7, 11) is 0.100. The van der Waals surface area contributed by atoms with Crippen LogP contribution in [0.1, 0.15) is 18.4 Å². The Kier molecular flexibility index (Phi) is 5.51. The van der Waals surface area contributed by atoms with E-state index < -0.39 is 9.84 Å². The summed E-state index contributed by atoms with van der Waals surface area (Å²) in [5.74, 6) is 1.22. The molecule has 1 aliphatic heterocycles. The van der Waals surface area contributed by atoms with Gasteiger partial charge in [-0.3, -0.25) is 4.79 Å². The van der Waals surface area contributed by atoms with Crippen molar-refractivity contribution in [3.8, 4) is 11.5 Å². The Morgan fingerprint density at radius 2 is 1.78 bits per heavy atom. The fourth-order valence-corrected chi connectivity index (χ4v) is 3.88. The maximum Gasteiger partial charge on any atom is 0.226 e. The first-order valence-corrected chi connectivity index (χ1v) is 9.48. The monoisotopic (exact) mass is 341 g/mol. The predicted octanol–water partition coefficient (Wildman–Crippen LogP) is 1.28. The fraction of sp³-hybridized carbons (Fsp3) is 0.562. The van der Waals surface area contributed by atoms with Gasteiger partial charge in [0.15, 0.2) is 11.5 Å². The lowest BCUT2D eigenvalue weighted by molar-refractivity contribution is -0.131. The third kappa shape index (κ3) is 4.37. The molecule has 0 N–H and O–H groups in total. The van der Waals surface area contributed by atoms with Gasteiger partial charge in [-0.25, -0.2) is 8.42 Å². The second-order valence-corrected chi connectivity index (χ2v) is 8.10. The SMILES string of the molecule is COc1ccc(CC(=O)N2CCC(S(C)(=O)=O)CC2)cc1OC. The lowest BCUT2D eigenvalue weighted by Crippen LogP contribution is -2.42. The minimum atomic E-state index is -3.02. The van der Waals surface area contributed by atoms with Gasteiger partial charge in [0.25, 0.3) is 0 Å². The highest BCUT2D eigenvalue weighted by atomic mass is 32.2. The molecule has 1 amide bonds. The Labute approximate surface area is 137 Å². The molecule has 1 saturated heterocycles. The van der Waals surface area contributed by atoms with Crippen LogP contribution in [-0.2, 0) is 21.1 Å². The largest absolute Gasteiger partial charge is 0.493 e. The van der Waals surface area contributed by atoms with Crippen molar-refractivity contribution < 1.29 is 22.7 Å². The maximum atomic E-state index is 12.4. The second kappa shape index (κ2) is 7.21. The van der Waals surface area contributed by atoms with Crippen molar-refractivity contribution in [2.24, 2.45) is 0 Å². The molecule has 1 aliphatic rings. The van der Waals surface area contributed by atoms with Gasteiger partial charge in [-0.05, 0) is 30.5 Å². The van der Waals surface area contributed by atoms with E-state index in [0.717, 1.165) is 5.56 Å². The van der Waals surface area contributed by atoms with Gasteiger partial charge in [-0.15, -0.1) is 0 Å². The summed E-state index contributed by atoms with van der Waals surface area (Å²) in [6.45, 7) is 0.980. The molecular weight excluding hydrogens is 318 g/mol. The Bertz CT molecular complexity index is 663. The second-order valence-electron chi connectivity index (χ2n) is 5.78. The number of likely N-dealkylation sites (tertiary alicyclic amines) is 1. The molecule has 2 rings (SSSR count). The van der Waals surface area contributed by atoms with Crippen molar-refractivity contribution in [3.63, 3.8) is 0 Å². The first-order valence-electron chi connectivity index (χ1n) is 7.52. The van der Waals surface area contributed by atoms with Crippen LogP contribution in [0.4, 0.5) is 0 Å². The van der Waals surface area contributed by atoms with E-state index in [1.807, 2.05) is 6.07 Å².